The highest BCUT2D eigenvalue weighted by atomic mass is 79.9. The third-order valence-corrected chi connectivity index (χ3v) is 5.79. The molecule has 4 rings (SSSR count). The van der Waals surface area contributed by atoms with Gasteiger partial charge in [0.25, 0.3) is 0 Å². The second kappa shape index (κ2) is 11.7. The lowest BCUT2D eigenvalue weighted by Gasteiger charge is -2.25. The Kier molecular flexibility index (Phi) is 8.17. The van der Waals surface area contributed by atoms with Gasteiger partial charge in [-0.15, -0.1) is 0 Å². The number of benzene rings is 2. The second-order valence-electron chi connectivity index (χ2n) is 7.98. The summed E-state index contributed by atoms with van der Waals surface area (Å²) in [7, 11) is 0. The zero-order chi connectivity index (χ0) is 24.6. The fourth-order valence-electron chi connectivity index (χ4n) is 3.30. The van der Waals surface area contributed by atoms with Crippen LogP contribution in [0.2, 0.25) is 0 Å². The Morgan fingerprint density at radius 3 is 2.31 bits per heavy atom. The number of nitrogens with zero attached hydrogens (tertiary/aromatic N) is 2. The molecule has 0 spiro atoms. The molecule has 1 amide bonds. The molecule has 2 aromatic carbocycles. The van der Waals surface area contributed by atoms with E-state index in [9.17, 15) is 14.4 Å². The molecule has 1 unspecified atom stereocenters. The fraction of sp³-hybridized carbons (Fsp3) is 0.240. The van der Waals surface area contributed by atoms with Crippen LogP contribution in [0.3, 0.4) is 0 Å². The van der Waals surface area contributed by atoms with Crippen LogP contribution in [0.25, 0.3) is 11.4 Å². The number of halogens is 1. The molecule has 10 heteroatoms. The van der Waals surface area contributed by atoms with Crippen LogP contribution < -0.4 is 10.6 Å². The molecule has 3 aromatic rings. The molecular formula is C25H23BrN4O5. The Balaban J connectivity index is 1.42. The lowest BCUT2D eigenvalue weighted by atomic mass is 10.0. The number of nitrogens with one attached hydrogen (secondary N) is 2. The third kappa shape index (κ3) is 6.93. The van der Waals surface area contributed by atoms with E-state index >= 15 is 0 Å². The van der Waals surface area contributed by atoms with Crippen molar-refractivity contribution in [3.63, 3.8) is 0 Å². The van der Waals surface area contributed by atoms with Gasteiger partial charge < -0.3 is 20.1 Å². The number of hydrogen-bond donors (Lipinski definition) is 2. The Bertz CT molecular complexity index is 1170. The van der Waals surface area contributed by atoms with E-state index in [0.29, 0.717) is 18.9 Å². The smallest absolute Gasteiger partial charge is 0.408 e. The first kappa shape index (κ1) is 24.5. The van der Waals surface area contributed by atoms with Crippen molar-refractivity contribution >= 4 is 34.0 Å². The van der Waals surface area contributed by atoms with Gasteiger partial charge in [0.1, 0.15) is 12.6 Å². The van der Waals surface area contributed by atoms with Gasteiger partial charge in [-0.05, 0) is 27.1 Å². The third-order valence-electron chi connectivity index (χ3n) is 5.38. The van der Waals surface area contributed by atoms with Gasteiger partial charge in [0, 0.05) is 37.5 Å². The molecule has 35 heavy (non-hydrogen) atoms. The van der Waals surface area contributed by atoms with Crippen LogP contribution in [0, 0.1) is 5.92 Å². The predicted octanol–water partition coefficient (Wildman–Crippen LogP) is 3.03. The predicted molar refractivity (Wildman–Crippen MR) is 130 cm³/mol. The topological polar surface area (TPSA) is 120 Å². The number of esters is 2. The number of aromatic nitrogens is 2. The lowest BCUT2D eigenvalue weighted by Crippen LogP contribution is -2.50. The molecule has 2 N–H and O–H groups in total. The summed E-state index contributed by atoms with van der Waals surface area (Å²) in [5.41, 5.74) is 2.34. The molecule has 1 atom stereocenters. The molecule has 2 heterocycles. The number of hydrogen-bond acceptors (Lipinski definition) is 8. The molecule has 0 radical (unpaired) electrons. The molecule has 0 bridgehead atoms. The van der Waals surface area contributed by atoms with Crippen LogP contribution in [0.15, 0.2) is 71.5 Å². The quantitative estimate of drug-likeness (QED) is 0.331. The Hall–Kier alpha value is -3.63. The Morgan fingerprint density at radius 2 is 1.69 bits per heavy atom. The summed E-state index contributed by atoms with van der Waals surface area (Å²) in [6, 6.07) is 15.3. The number of carbonyl (C=O) groups excluding carboxylic acids is 3. The zero-order valence-corrected chi connectivity index (χ0v) is 20.2. The van der Waals surface area contributed by atoms with Gasteiger partial charge in [-0.1, -0.05) is 54.6 Å². The summed E-state index contributed by atoms with van der Waals surface area (Å²) >= 11 is 3.31. The highest BCUT2D eigenvalue weighted by Gasteiger charge is 2.32. The minimum absolute atomic E-state index is 0.0446. The molecule has 1 aliphatic heterocycles. The number of carbonyl (C=O) groups is 3. The maximum atomic E-state index is 12.8. The van der Waals surface area contributed by atoms with E-state index in [0.717, 1.165) is 21.2 Å². The fourth-order valence-corrected chi connectivity index (χ4v) is 3.50. The van der Waals surface area contributed by atoms with Crippen LogP contribution in [-0.2, 0) is 32.1 Å². The molecule has 1 saturated heterocycles. The monoisotopic (exact) mass is 538 g/mol. The average Bonchev–Trinajstić information content (AvgIpc) is 2.83. The summed E-state index contributed by atoms with van der Waals surface area (Å²) < 4.78 is 11.1. The van der Waals surface area contributed by atoms with Gasteiger partial charge in [-0.2, -0.15) is 0 Å². The zero-order valence-electron chi connectivity index (χ0n) is 18.6. The number of rotatable bonds is 8. The van der Waals surface area contributed by atoms with E-state index in [4.69, 9.17) is 9.47 Å². The van der Waals surface area contributed by atoms with Crippen LogP contribution in [0.5, 0.6) is 0 Å². The van der Waals surface area contributed by atoms with Crippen LogP contribution in [-0.4, -0.2) is 47.1 Å². The maximum absolute atomic E-state index is 12.8. The maximum Gasteiger partial charge on any atom is 0.408 e. The van der Waals surface area contributed by atoms with Crippen molar-refractivity contribution in [2.75, 3.05) is 13.1 Å². The summed E-state index contributed by atoms with van der Waals surface area (Å²) in [4.78, 5) is 45.9. The van der Waals surface area contributed by atoms with Gasteiger partial charge in [-0.3, -0.25) is 4.79 Å². The summed E-state index contributed by atoms with van der Waals surface area (Å²) in [5, 5.41) is 5.49. The van der Waals surface area contributed by atoms with Gasteiger partial charge in [0.15, 0.2) is 5.82 Å². The lowest BCUT2D eigenvalue weighted by molar-refractivity contribution is -0.165. The first-order chi connectivity index (χ1) is 17.0. The Morgan fingerprint density at radius 1 is 1.00 bits per heavy atom. The second-order valence-corrected chi connectivity index (χ2v) is 8.90. The van der Waals surface area contributed by atoms with Crippen molar-refractivity contribution < 1.29 is 23.9 Å². The SMILES string of the molecule is O=C(NC(Cc1ccc(-c2ncc(Br)cn2)cc1)C(=O)OC(=O)C1CNC1)OCc1ccccc1. The average molecular weight is 539 g/mol. The standard InChI is InChI=1S/C25H23BrN4O5/c26-20-13-28-22(29-14-20)18-8-6-16(7-9-18)10-21(24(32)35-23(31)19-11-27-12-19)30-25(33)34-15-17-4-2-1-3-5-17/h1-9,13-14,19,21,27H,10-12,15H2,(H,30,33). The van der Waals surface area contributed by atoms with Crippen molar-refractivity contribution in [2.24, 2.45) is 5.92 Å². The Labute approximate surface area is 210 Å². The van der Waals surface area contributed by atoms with Gasteiger partial charge in [0.05, 0.1) is 10.4 Å². The van der Waals surface area contributed by atoms with Crippen LogP contribution in [0.4, 0.5) is 4.79 Å². The first-order valence-electron chi connectivity index (χ1n) is 11.0. The molecule has 1 fully saturated rings. The van der Waals surface area contributed by atoms with E-state index in [-0.39, 0.29) is 18.9 Å². The molecular weight excluding hydrogens is 516 g/mol. The number of alkyl carbamates (subject to hydrolysis) is 1. The van der Waals surface area contributed by atoms with Gasteiger partial charge in [0.2, 0.25) is 0 Å². The van der Waals surface area contributed by atoms with Crippen molar-refractivity contribution in [3.05, 3.63) is 82.6 Å². The van der Waals surface area contributed by atoms with Crippen LogP contribution >= 0.6 is 15.9 Å². The number of ether oxygens (including phenoxy) is 2. The van der Waals surface area contributed by atoms with Crippen molar-refractivity contribution in [2.45, 2.75) is 19.1 Å². The minimum atomic E-state index is -1.11. The van der Waals surface area contributed by atoms with E-state index < -0.39 is 24.1 Å². The van der Waals surface area contributed by atoms with Gasteiger partial charge >= 0.3 is 18.0 Å². The molecule has 1 aliphatic rings. The van der Waals surface area contributed by atoms with Gasteiger partial charge in [-0.25, -0.2) is 19.6 Å². The molecule has 0 aliphatic carbocycles. The summed E-state index contributed by atoms with van der Waals surface area (Å²) in [6.07, 6.45) is 2.63. The van der Waals surface area contributed by atoms with Crippen molar-refractivity contribution in [1.82, 2.24) is 20.6 Å². The first-order valence-corrected chi connectivity index (χ1v) is 11.8. The van der Waals surface area contributed by atoms with Crippen molar-refractivity contribution in [3.8, 4) is 11.4 Å². The normalized spacial score (nSPS) is 13.9. The molecule has 180 valence electrons. The minimum Gasteiger partial charge on any atom is -0.445 e. The van der Waals surface area contributed by atoms with E-state index in [1.54, 1.807) is 24.5 Å². The molecule has 9 nitrogen and oxygen atoms in total. The highest BCUT2D eigenvalue weighted by molar-refractivity contribution is 9.10. The van der Waals surface area contributed by atoms with E-state index in [2.05, 4.69) is 36.5 Å². The molecule has 1 aromatic heterocycles. The summed E-state index contributed by atoms with van der Waals surface area (Å²) in [6.45, 7) is 0.967. The van der Waals surface area contributed by atoms with E-state index in [1.807, 2.05) is 42.5 Å². The summed E-state index contributed by atoms with van der Waals surface area (Å²) in [5.74, 6) is -1.26. The van der Waals surface area contributed by atoms with E-state index in [1.165, 1.54) is 0 Å². The number of amides is 1. The highest BCUT2D eigenvalue weighted by Crippen LogP contribution is 2.18. The van der Waals surface area contributed by atoms with Crippen molar-refractivity contribution in [1.29, 1.82) is 0 Å². The van der Waals surface area contributed by atoms with Crippen LogP contribution in [0.1, 0.15) is 11.1 Å². The molecule has 0 saturated carbocycles. The largest absolute Gasteiger partial charge is 0.445 e.